The molecule has 128 valence electrons. The first-order chi connectivity index (χ1) is 11.5. The second kappa shape index (κ2) is 6.75. The Labute approximate surface area is 141 Å². The summed E-state index contributed by atoms with van der Waals surface area (Å²) in [5.74, 6) is -0.282. The van der Waals surface area contributed by atoms with Gasteiger partial charge in [0, 0.05) is 17.8 Å². The number of rotatable bonds is 4. The number of aromatic carboxylic acids is 1. The minimum atomic E-state index is -1.04. The molecule has 0 aliphatic heterocycles. The summed E-state index contributed by atoms with van der Waals surface area (Å²) >= 11 is 0. The highest BCUT2D eigenvalue weighted by atomic mass is 19.1. The molecule has 1 aliphatic rings. The zero-order valence-corrected chi connectivity index (χ0v) is 14.2. The Balaban J connectivity index is 2.08. The summed E-state index contributed by atoms with van der Waals surface area (Å²) < 4.78 is 15.7. The van der Waals surface area contributed by atoms with E-state index in [-0.39, 0.29) is 11.5 Å². The van der Waals surface area contributed by atoms with E-state index in [1.807, 2.05) is 11.5 Å². The number of hydrogen-bond donors (Lipinski definition) is 1. The minimum Gasteiger partial charge on any atom is -0.476 e. The molecule has 1 N–H and O–H groups in total. The summed E-state index contributed by atoms with van der Waals surface area (Å²) in [6.07, 6.45) is 6.02. The van der Waals surface area contributed by atoms with Gasteiger partial charge in [-0.05, 0) is 50.3 Å². The molecule has 5 heteroatoms. The topological polar surface area (TPSA) is 55.1 Å². The molecule has 1 aromatic heterocycles. The van der Waals surface area contributed by atoms with Crippen LogP contribution in [-0.4, -0.2) is 20.6 Å². The maximum absolute atomic E-state index is 13.7. The zero-order chi connectivity index (χ0) is 17.3. The van der Waals surface area contributed by atoms with Crippen LogP contribution in [0.15, 0.2) is 18.2 Å². The Kier molecular flexibility index (Phi) is 4.69. The number of aromatic nitrogens is 2. The SMILES string of the molecule is Cc1ccc(F)cc1-c1nc(C(=O)O)c(C)n1CC1CCCCC1. The van der Waals surface area contributed by atoms with Crippen molar-refractivity contribution in [1.29, 1.82) is 0 Å². The van der Waals surface area contributed by atoms with Crippen LogP contribution in [0.25, 0.3) is 11.4 Å². The average molecular weight is 330 g/mol. The number of imidazole rings is 1. The fourth-order valence-electron chi connectivity index (χ4n) is 3.63. The van der Waals surface area contributed by atoms with Gasteiger partial charge < -0.3 is 9.67 Å². The molecule has 0 unspecified atom stereocenters. The predicted molar refractivity (Wildman–Crippen MR) is 90.6 cm³/mol. The van der Waals surface area contributed by atoms with Gasteiger partial charge in [0.2, 0.25) is 0 Å². The number of nitrogens with zero attached hydrogens (tertiary/aromatic N) is 2. The van der Waals surface area contributed by atoms with Crippen LogP contribution < -0.4 is 0 Å². The Morgan fingerprint density at radius 1 is 1.29 bits per heavy atom. The van der Waals surface area contributed by atoms with Crippen LogP contribution in [0, 0.1) is 25.6 Å². The van der Waals surface area contributed by atoms with Crippen molar-refractivity contribution in [2.45, 2.75) is 52.5 Å². The fourth-order valence-corrected chi connectivity index (χ4v) is 3.63. The lowest BCUT2D eigenvalue weighted by Gasteiger charge is -2.24. The van der Waals surface area contributed by atoms with Gasteiger partial charge in [-0.25, -0.2) is 14.2 Å². The third-order valence-electron chi connectivity index (χ3n) is 5.03. The summed E-state index contributed by atoms with van der Waals surface area (Å²) in [5, 5.41) is 9.43. The van der Waals surface area contributed by atoms with Crippen LogP contribution in [-0.2, 0) is 6.54 Å². The van der Waals surface area contributed by atoms with E-state index < -0.39 is 5.97 Å². The van der Waals surface area contributed by atoms with E-state index in [2.05, 4.69) is 4.98 Å². The third kappa shape index (κ3) is 3.21. The van der Waals surface area contributed by atoms with E-state index in [0.29, 0.717) is 23.0 Å². The maximum atomic E-state index is 13.7. The van der Waals surface area contributed by atoms with Crippen LogP contribution in [0.1, 0.15) is 53.8 Å². The van der Waals surface area contributed by atoms with Gasteiger partial charge in [0.15, 0.2) is 5.69 Å². The molecule has 3 rings (SSSR count). The Bertz CT molecular complexity index is 761. The number of halogens is 1. The first-order valence-corrected chi connectivity index (χ1v) is 8.54. The largest absolute Gasteiger partial charge is 0.476 e. The van der Waals surface area contributed by atoms with Gasteiger partial charge in [-0.1, -0.05) is 25.3 Å². The lowest BCUT2D eigenvalue weighted by molar-refractivity contribution is 0.0690. The molecule has 0 atom stereocenters. The van der Waals surface area contributed by atoms with Crippen LogP contribution >= 0.6 is 0 Å². The Morgan fingerprint density at radius 2 is 2.00 bits per heavy atom. The van der Waals surface area contributed by atoms with Crippen molar-refractivity contribution in [1.82, 2.24) is 9.55 Å². The summed E-state index contributed by atoms with van der Waals surface area (Å²) in [6, 6.07) is 4.57. The van der Waals surface area contributed by atoms with Gasteiger partial charge in [-0.2, -0.15) is 0 Å². The summed E-state index contributed by atoms with van der Waals surface area (Å²) in [6.45, 7) is 4.43. The molecule has 1 saturated carbocycles. The Morgan fingerprint density at radius 3 is 2.67 bits per heavy atom. The molecular weight excluding hydrogens is 307 g/mol. The van der Waals surface area contributed by atoms with Gasteiger partial charge in [0.1, 0.15) is 11.6 Å². The van der Waals surface area contributed by atoms with Crippen molar-refractivity contribution >= 4 is 5.97 Å². The number of carboxylic acids is 1. The minimum absolute atomic E-state index is 0.0597. The molecule has 24 heavy (non-hydrogen) atoms. The zero-order valence-electron chi connectivity index (χ0n) is 14.2. The normalized spacial score (nSPS) is 15.6. The van der Waals surface area contributed by atoms with Crippen LogP contribution in [0.4, 0.5) is 4.39 Å². The Hall–Kier alpha value is -2.17. The highest BCUT2D eigenvalue weighted by Gasteiger charge is 2.24. The lowest BCUT2D eigenvalue weighted by Crippen LogP contribution is -2.16. The molecule has 0 amide bonds. The second-order valence-electron chi connectivity index (χ2n) is 6.75. The van der Waals surface area contributed by atoms with Gasteiger partial charge >= 0.3 is 5.97 Å². The molecule has 1 aliphatic carbocycles. The monoisotopic (exact) mass is 330 g/mol. The second-order valence-corrected chi connectivity index (χ2v) is 6.75. The molecule has 0 saturated heterocycles. The number of hydrogen-bond acceptors (Lipinski definition) is 2. The number of benzene rings is 1. The molecule has 1 fully saturated rings. The van der Waals surface area contributed by atoms with Crippen molar-refractivity contribution in [2.24, 2.45) is 5.92 Å². The fraction of sp³-hybridized carbons (Fsp3) is 0.474. The van der Waals surface area contributed by atoms with Gasteiger partial charge in [0.05, 0.1) is 0 Å². The molecule has 1 aromatic carbocycles. The van der Waals surface area contributed by atoms with Crippen molar-refractivity contribution in [2.75, 3.05) is 0 Å². The first-order valence-electron chi connectivity index (χ1n) is 8.54. The van der Waals surface area contributed by atoms with Crippen molar-refractivity contribution in [3.8, 4) is 11.4 Å². The summed E-state index contributed by atoms with van der Waals surface area (Å²) in [5.41, 5.74) is 2.26. The summed E-state index contributed by atoms with van der Waals surface area (Å²) in [4.78, 5) is 15.9. The smallest absolute Gasteiger partial charge is 0.356 e. The van der Waals surface area contributed by atoms with E-state index in [1.165, 1.54) is 31.4 Å². The molecule has 0 spiro atoms. The third-order valence-corrected chi connectivity index (χ3v) is 5.03. The molecule has 1 heterocycles. The average Bonchev–Trinajstić information content (AvgIpc) is 2.88. The van der Waals surface area contributed by atoms with Crippen LogP contribution in [0.3, 0.4) is 0 Å². The van der Waals surface area contributed by atoms with Crippen molar-refractivity contribution < 1.29 is 14.3 Å². The molecule has 0 bridgehead atoms. The maximum Gasteiger partial charge on any atom is 0.356 e. The summed E-state index contributed by atoms with van der Waals surface area (Å²) in [7, 11) is 0. The predicted octanol–water partition coefficient (Wildman–Crippen LogP) is 4.58. The van der Waals surface area contributed by atoms with Gasteiger partial charge in [0.25, 0.3) is 0 Å². The van der Waals surface area contributed by atoms with E-state index >= 15 is 0 Å². The number of carboxylic acid groups (broad SMARTS) is 1. The van der Waals surface area contributed by atoms with Gasteiger partial charge in [-0.3, -0.25) is 0 Å². The standard InChI is InChI=1S/C19H23FN2O2/c1-12-8-9-15(20)10-16(12)18-21-17(19(23)24)13(2)22(18)11-14-6-4-3-5-7-14/h8-10,14H,3-7,11H2,1-2H3,(H,23,24). The highest BCUT2D eigenvalue weighted by Crippen LogP contribution is 2.31. The molecule has 2 aromatic rings. The van der Waals surface area contributed by atoms with Crippen LogP contribution in [0.5, 0.6) is 0 Å². The molecule has 0 radical (unpaired) electrons. The quantitative estimate of drug-likeness (QED) is 0.892. The first kappa shape index (κ1) is 16.7. The molecule has 4 nitrogen and oxygen atoms in total. The van der Waals surface area contributed by atoms with E-state index in [0.717, 1.165) is 24.9 Å². The van der Waals surface area contributed by atoms with E-state index in [1.54, 1.807) is 13.0 Å². The lowest BCUT2D eigenvalue weighted by atomic mass is 9.89. The van der Waals surface area contributed by atoms with Crippen molar-refractivity contribution in [3.63, 3.8) is 0 Å². The number of carbonyl (C=O) groups is 1. The van der Waals surface area contributed by atoms with Gasteiger partial charge in [-0.15, -0.1) is 0 Å². The van der Waals surface area contributed by atoms with Crippen molar-refractivity contribution in [3.05, 3.63) is 41.0 Å². The van der Waals surface area contributed by atoms with E-state index in [4.69, 9.17) is 0 Å². The number of aryl methyl sites for hydroxylation is 1. The van der Waals surface area contributed by atoms with Crippen LogP contribution in [0.2, 0.25) is 0 Å². The van der Waals surface area contributed by atoms with E-state index in [9.17, 15) is 14.3 Å². The highest BCUT2D eigenvalue weighted by molar-refractivity contribution is 5.88. The molecular formula is C19H23FN2O2.